The molecule has 1 aliphatic heterocycles. The number of ether oxygens (including phenoxy) is 1. The molecule has 28 heavy (non-hydrogen) atoms. The van der Waals surface area contributed by atoms with Crippen LogP contribution in [-0.2, 0) is 27.2 Å². The highest BCUT2D eigenvalue weighted by Gasteiger charge is 2.40. The van der Waals surface area contributed by atoms with E-state index in [2.05, 4.69) is 4.98 Å². The summed E-state index contributed by atoms with van der Waals surface area (Å²) in [5.74, 6) is -1.42. The molecule has 2 heterocycles. The summed E-state index contributed by atoms with van der Waals surface area (Å²) in [7, 11) is 0. The molecule has 1 atom stereocenters. The highest BCUT2D eigenvalue weighted by atomic mass is 16.5. The summed E-state index contributed by atoms with van der Waals surface area (Å²) in [4.78, 5) is 42.8. The minimum atomic E-state index is -1.01. The molecule has 1 aromatic heterocycles. The first kappa shape index (κ1) is 18.0. The molecule has 0 fully saturated rings. The fourth-order valence-electron chi connectivity index (χ4n) is 3.72. The Morgan fingerprint density at radius 1 is 1.14 bits per heavy atom. The molecular formula is C22H20N2O4. The molecular weight excluding hydrogens is 356 g/mol. The molecule has 6 heteroatoms. The SMILES string of the molecule is CCOC(=O)C(Cc1c[nH]c2ccccc12)N1C(=O)Cc2ccccc2C1=O. The maximum atomic E-state index is 13.1. The minimum Gasteiger partial charge on any atom is -0.464 e. The summed E-state index contributed by atoms with van der Waals surface area (Å²) in [6.07, 6.45) is 2.10. The van der Waals surface area contributed by atoms with Gasteiger partial charge in [-0.1, -0.05) is 36.4 Å². The first-order valence-electron chi connectivity index (χ1n) is 9.26. The largest absolute Gasteiger partial charge is 0.464 e. The number of aromatic nitrogens is 1. The summed E-state index contributed by atoms with van der Waals surface area (Å²) in [5.41, 5.74) is 2.92. The highest BCUT2D eigenvalue weighted by Crippen LogP contribution is 2.26. The van der Waals surface area contributed by atoms with Gasteiger partial charge in [-0.3, -0.25) is 14.5 Å². The van der Waals surface area contributed by atoms with Crippen LogP contribution in [0.25, 0.3) is 10.9 Å². The first-order chi connectivity index (χ1) is 13.6. The Morgan fingerprint density at radius 2 is 1.89 bits per heavy atom. The van der Waals surface area contributed by atoms with Gasteiger partial charge in [0.25, 0.3) is 5.91 Å². The normalized spacial score (nSPS) is 14.8. The Balaban J connectivity index is 1.73. The lowest BCUT2D eigenvalue weighted by Gasteiger charge is -2.32. The number of para-hydroxylation sites is 1. The fraction of sp³-hybridized carbons (Fsp3) is 0.227. The Hall–Kier alpha value is -3.41. The third-order valence-corrected chi connectivity index (χ3v) is 5.04. The summed E-state index contributed by atoms with van der Waals surface area (Å²) in [6, 6.07) is 13.7. The maximum Gasteiger partial charge on any atom is 0.329 e. The molecule has 1 aliphatic rings. The van der Waals surface area contributed by atoms with Gasteiger partial charge in [0.1, 0.15) is 6.04 Å². The van der Waals surface area contributed by atoms with Gasteiger partial charge >= 0.3 is 5.97 Å². The zero-order valence-corrected chi connectivity index (χ0v) is 15.5. The van der Waals surface area contributed by atoms with E-state index < -0.39 is 17.9 Å². The van der Waals surface area contributed by atoms with E-state index in [4.69, 9.17) is 4.74 Å². The van der Waals surface area contributed by atoms with Gasteiger partial charge in [0, 0.05) is 29.1 Å². The smallest absolute Gasteiger partial charge is 0.329 e. The van der Waals surface area contributed by atoms with Gasteiger partial charge in [-0.15, -0.1) is 0 Å². The van der Waals surface area contributed by atoms with Crippen molar-refractivity contribution in [3.8, 4) is 0 Å². The van der Waals surface area contributed by atoms with Crippen molar-refractivity contribution in [1.29, 1.82) is 0 Å². The molecule has 6 nitrogen and oxygen atoms in total. The number of aromatic amines is 1. The summed E-state index contributed by atoms with van der Waals surface area (Å²) in [6.45, 7) is 1.88. The number of hydrogen-bond acceptors (Lipinski definition) is 4. The number of fused-ring (bicyclic) bond motifs is 2. The summed E-state index contributed by atoms with van der Waals surface area (Å²) >= 11 is 0. The highest BCUT2D eigenvalue weighted by molar-refractivity contribution is 6.11. The van der Waals surface area contributed by atoms with Crippen molar-refractivity contribution < 1.29 is 19.1 Å². The number of nitrogens with one attached hydrogen (secondary N) is 1. The van der Waals surface area contributed by atoms with Crippen LogP contribution in [0.5, 0.6) is 0 Å². The second-order valence-electron chi connectivity index (χ2n) is 6.73. The second kappa shape index (κ2) is 7.31. The monoisotopic (exact) mass is 376 g/mol. The standard InChI is InChI=1S/C22H20N2O4/c1-2-28-22(27)19(11-15-13-23-18-10-6-5-8-16(15)18)24-20(25)12-14-7-3-4-9-17(14)21(24)26/h3-10,13,19,23H,2,11-12H2,1H3. The Bertz CT molecular complexity index is 1070. The van der Waals surface area contributed by atoms with Crippen molar-refractivity contribution in [1.82, 2.24) is 9.88 Å². The number of rotatable bonds is 5. The van der Waals surface area contributed by atoms with E-state index in [1.54, 1.807) is 31.2 Å². The topological polar surface area (TPSA) is 79.5 Å². The van der Waals surface area contributed by atoms with E-state index in [-0.39, 0.29) is 25.4 Å². The van der Waals surface area contributed by atoms with Gasteiger partial charge in [0.05, 0.1) is 13.0 Å². The number of nitrogens with zero attached hydrogens (tertiary/aromatic N) is 1. The lowest BCUT2D eigenvalue weighted by Crippen LogP contribution is -2.53. The van der Waals surface area contributed by atoms with Crippen LogP contribution < -0.4 is 0 Å². The van der Waals surface area contributed by atoms with Crippen LogP contribution in [0.4, 0.5) is 0 Å². The minimum absolute atomic E-state index is 0.0890. The quantitative estimate of drug-likeness (QED) is 0.549. The van der Waals surface area contributed by atoms with Crippen LogP contribution in [-0.4, -0.2) is 40.3 Å². The van der Waals surface area contributed by atoms with Gasteiger partial charge in [0.2, 0.25) is 5.91 Å². The maximum absolute atomic E-state index is 13.1. The third-order valence-electron chi connectivity index (χ3n) is 5.04. The molecule has 1 unspecified atom stereocenters. The van der Waals surface area contributed by atoms with Crippen molar-refractivity contribution in [2.24, 2.45) is 0 Å². The Kier molecular flexibility index (Phi) is 4.69. The van der Waals surface area contributed by atoms with Crippen LogP contribution in [0.2, 0.25) is 0 Å². The molecule has 2 amide bonds. The number of carbonyl (C=O) groups excluding carboxylic acids is 3. The average molecular weight is 376 g/mol. The van der Waals surface area contributed by atoms with Crippen molar-refractivity contribution in [2.45, 2.75) is 25.8 Å². The van der Waals surface area contributed by atoms with E-state index >= 15 is 0 Å². The van der Waals surface area contributed by atoms with Crippen LogP contribution in [0.1, 0.15) is 28.4 Å². The molecule has 0 radical (unpaired) electrons. The molecule has 142 valence electrons. The lowest BCUT2D eigenvalue weighted by atomic mass is 9.95. The Labute approximate surface area is 162 Å². The molecule has 2 aromatic carbocycles. The van der Waals surface area contributed by atoms with E-state index in [1.165, 1.54) is 0 Å². The zero-order chi connectivity index (χ0) is 19.7. The van der Waals surface area contributed by atoms with Crippen molar-refractivity contribution in [2.75, 3.05) is 6.61 Å². The molecule has 0 spiro atoms. The molecule has 1 N–H and O–H groups in total. The lowest BCUT2D eigenvalue weighted by molar-refractivity contribution is -0.152. The van der Waals surface area contributed by atoms with Crippen LogP contribution in [0.3, 0.4) is 0 Å². The van der Waals surface area contributed by atoms with E-state index in [0.717, 1.165) is 21.4 Å². The molecule has 0 aliphatic carbocycles. The average Bonchev–Trinajstić information content (AvgIpc) is 3.10. The molecule has 0 saturated heterocycles. The van der Waals surface area contributed by atoms with E-state index in [1.807, 2.05) is 30.5 Å². The predicted octanol–water partition coefficient (Wildman–Crippen LogP) is 2.87. The summed E-state index contributed by atoms with van der Waals surface area (Å²) < 4.78 is 5.21. The van der Waals surface area contributed by atoms with Crippen LogP contribution in [0, 0.1) is 0 Å². The number of hydrogen-bond donors (Lipinski definition) is 1. The summed E-state index contributed by atoms with van der Waals surface area (Å²) in [5, 5.41) is 0.953. The number of H-pyrrole nitrogens is 1. The third kappa shape index (κ3) is 3.07. The number of amides is 2. The molecule has 3 aromatic rings. The van der Waals surface area contributed by atoms with Gasteiger partial charge < -0.3 is 9.72 Å². The predicted molar refractivity (Wildman–Crippen MR) is 104 cm³/mol. The van der Waals surface area contributed by atoms with Gasteiger partial charge in [-0.2, -0.15) is 0 Å². The van der Waals surface area contributed by atoms with E-state index in [0.29, 0.717) is 11.1 Å². The fourth-order valence-corrected chi connectivity index (χ4v) is 3.72. The first-order valence-corrected chi connectivity index (χ1v) is 9.26. The molecule has 4 rings (SSSR count). The molecule has 0 bridgehead atoms. The Morgan fingerprint density at radius 3 is 2.71 bits per heavy atom. The molecule has 0 saturated carbocycles. The van der Waals surface area contributed by atoms with Gasteiger partial charge in [-0.25, -0.2) is 4.79 Å². The zero-order valence-electron chi connectivity index (χ0n) is 15.5. The number of esters is 1. The van der Waals surface area contributed by atoms with Crippen LogP contribution >= 0.6 is 0 Å². The second-order valence-corrected chi connectivity index (χ2v) is 6.73. The van der Waals surface area contributed by atoms with Gasteiger partial charge in [0.15, 0.2) is 0 Å². The number of imide groups is 1. The van der Waals surface area contributed by atoms with E-state index in [9.17, 15) is 14.4 Å². The number of carbonyl (C=O) groups is 3. The van der Waals surface area contributed by atoms with Crippen molar-refractivity contribution >= 4 is 28.7 Å². The van der Waals surface area contributed by atoms with Crippen molar-refractivity contribution in [3.05, 3.63) is 71.4 Å². The van der Waals surface area contributed by atoms with Gasteiger partial charge in [-0.05, 0) is 30.2 Å². The number of benzene rings is 2. The van der Waals surface area contributed by atoms with Crippen LogP contribution in [0.15, 0.2) is 54.7 Å². The van der Waals surface area contributed by atoms with Crippen molar-refractivity contribution in [3.63, 3.8) is 0 Å².